The van der Waals surface area contributed by atoms with Crippen molar-refractivity contribution in [2.24, 2.45) is 0 Å². The minimum atomic E-state index is 0.0405. The second kappa shape index (κ2) is 2.42. The number of hydrogen-bond donors (Lipinski definition) is 0. The molecule has 0 aromatic carbocycles. The van der Waals surface area contributed by atoms with Crippen LogP contribution in [0.4, 0.5) is 0 Å². The van der Waals surface area contributed by atoms with Crippen LogP contribution in [0.15, 0.2) is 16.4 Å². The van der Waals surface area contributed by atoms with E-state index >= 15 is 0 Å². The zero-order valence-electron chi connectivity index (χ0n) is 6.87. The molecule has 0 spiro atoms. The highest BCUT2D eigenvalue weighted by atomic mass is 32.1. The van der Waals surface area contributed by atoms with Gasteiger partial charge in [0.05, 0.1) is 0 Å². The van der Waals surface area contributed by atoms with Crippen LogP contribution >= 0.6 is 11.3 Å². The molecule has 0 aliphatic rings. The van der Waals surface area contributed by atoms with Crippen molar-refractivity contribution in [1.82, 2.24) is 9.38 Å². The fraction of sp³-hybridized carbons (Fsp3) is 0.250. The van der Waals surface area contributed by atoms with Crippen LogP contribution in [0.3, 0.4) is 0 Å². The molecular weight excluding hydrogens is 172 g/mol. The summed E-state index contributed by atoms with van der Waals surface area (Å²) in [7, 11) is 0. The number of thiazole rings is 1. The van der Waals surface area contributed by atoms with Crippen LogP contribution in [-0.4, -0.2) is 9.38 Å². The Balaban J connectivity index is 3.05. The quantitative estimate of drug-likeness (QED) is 0.613. The first kappa shape index (κ1) is 7.49. The smallest absolute Gasteiger partial charge is 0.261 e. The fourth-order valence-corrected chi connectivity index (χ4v) is 1.82. The summed E-state index contributed by atoms with van der Waals surface area (Å²) in [4.78, 5) is 16.6. The lowest BCUT2D eigenvalue weighted by molar-refractivity contribution is 1.01. The molecule has 0 radical (unpaired) electrons. The third-order valence-electron chi connectivity index (χ3n) is 1.94. The highest BCUT2D eigenvalue weighted by Gasteiger charge is 2.04. The van der Waals surface area contributed by atoms with Crippen LogP contribution in [0.1, 0.15) is 11.3 Å². The van der Waals surface area contributed by atoms with Gasteiger partial charge < -0.3 is 0 Å². The van der Waals surface area contributed by atoms with E-state index in [-0.39, 0.29) is 5.56 Å². The maximum absolute atomic E-state index is 11.5. The predicted molar refractivity (Wildman–Crippen MR) is 48.8 cm³/mol. The van der Waals surface area contributed by atoms with E-state index < -0.39 is 0 Å². The Morgan fingerprint density at radius 3 is 3.00 bits per heavy atom. The minimum Gasteiger partial charge on any atom is -0.269 e. The molecule has 0 aliphatic carbocycles. The molecule has 0 saturated carbocycles. The Hall–Kier alpha value is -1.16. The van der Waals surface area contributed by atoms with Gasteiger partial charge in [-0.1, -0.05) is 0 Å². The van der Waals surface area contributed by atoms with Crippen molar-refractivity contribution in [2.75, 3.05) is 0 Å². The summed E-state index contributed by atoms with van der Waals surface area (Å²) >= 11 is 1.48. The van der Waals surface area contributed by atoms with Gasteiger partial charge in [0.15, 0.2) is 4.96 Å². The largest absolute Gasteiger partial charge is 0.269 e. The summed E-state index contributed by atoms with van der Waals surface area (Å²) in [5, 5.41) is 1.86. The maximum atomic E-state index is 11.5. The molecule has 0 bridgehead atoms. The third-order valence-corrected chi connectivity index (χ3v) is 2.69. The summed E-state index contributed by atoms with van der Waals surface area (Å²) < 4.78 is 1.58. The molecule has 0 aliphatic heterocycles. The SMILES string of the molecule is Cc1nc2sccn2c(=O)c1C. The van der Waals surface area contributed by atoms with E-state index in [2.05, 4.69) is 4.98 Å². The summed E-state index contributed by atoms with van der Waals surface area (Å²) in [6.07, 6.45) is 1.75. The van der Waals surface area contributed by atoms with E-state index in [1.165, 1.54) is 11.3 Å². The van der Waals surface area contributed by atoms with Gasteiger partial charge in [-0.15, -0.1) is 11.3 Å². The van der Waals surface area contributed by atoms with Gasteiger partial charge in [0.1, 0.15) is 0 Å². The van der Waals surface area contributed by atoms with E-state index in [9.17, 15) is 4.79 Å². The molecular formula is C8H8N2OS. The maximum Gasteiger partial charge on any atom is 0.261 e. The normalized spacial score (nSPS) is 10.8. The number of hydrogen-bond acceptors (Lipinski definition) is 3. The summed E-state index contributed by atoms with van der Waals surface area (Å²) in [5.74, 6) is 0. The van der Waals surface area contributed by atoms with E-state index in [1.54, 1.807) is 17.5 Å². The molecule has 0 N–H and O–H groups in total. The summed E-state index contributed by atoms with van der Waals surface area (Å²) in [6.45, 7) is 3.66. The predicted octanol–water partition coefficient (Wildman–Crippen LogP) is 1.37. The van der Waals surface area contributed by atoms with E-state index in [1.807, 2.05) is 12.3 Å². The topological polar surface area (TPSA) is 34.4 Å². The van der Waals surface area contributed by atoms with Gasteiger partial charge in [-0.3, -0.25) is 9.20 Å². The standard InChI is InChI=1S/C8H8N2OS/c1-5-6(2)9-8-10(7(5)11)3-4-12-8/h3-4H,1-2H3. The number of fused-ring (bicyclic) bond motifs is 1. The zero-order valence-corrected chi connectivity index (χ0v) is 7.68. The lowest BCUT2D eigenvalue weighted by Crippen LogP contribution is -2.16. The average molecular weight is 180 g/mol. The fourth-order valence-electron chi connectivity index (χ4n) is 1.07. The second-order valence-electron chi connectivity index (χ2n) is 2.68. The molecule has 0 fully saturated rings. The van der Waals surface area contributed by atoms with Gasteiger partial charge in [0.25, 0.3) is 5.56 Å². The van der Waals surface area contributed by atoms with Crippen molar-refractivity contribution >= 4 is 16.3 Å². The van der Waals surface area contributed by atoms with Crippen LogP contribution < -0.4 is 5.56 Å². The first-order chi connectivity index (χ1) is 5.70. The van der Waals surface area contributed by atoms with Crippen LogP contribution in [0.2, 0.25) is 0 Å². The molecule has 0 amide bonds. The van der Waals surface area contributed by atoms with Crippen molar-refractivity contribution < 1.29 is 0 Å². The van der Waals surface area contributed by atoms with Crippen LogP contribution in [-0.2, 0) is 0 Å². The van der Waals surface area contributed by atoms with Crippen LogP contribution in [0, 0.1) is 13.8 Å². The highest BCUT2D eigenvalue weighted by Crippen LogP contribution is 2.07. The summed E-state index contributed by atoms with van der Waals surface area (Å²) in [5.41, 5.74) is 1.59. The first-order valence-electron chi connectivity index (χ1n) is 3.63. The Morgan fingerprint density at radius 1 is 1.50 bits per heavy atom. The molecule has 2 aromatic rings. The molecule has 12 heavy (non-hydrogen) atoms. The van der Waals surface area contributed by atoms with Gasteiger partial charge >= 0.3 is 0 Å². The van der Waals surface area contributed by atoms with Crippen molar-refractivity contribution in [3.05, 3.63) is 33.2 Å². The van der Waals surface area contributed by atoms with Gasteiger partial charge in [-0.05, 0) is 13.8 Å². The third kappa shape index (κ3) is 0.881. The molecule has 0 atom stereocenters. The Labute approximate surface area is 73.3 Å². The Morgan fingerprint density at radius 2 is 2.25 bits per heavy atom. The first-order valence-corrected chi connectivity index (χ1v) is 4.51. The number of nitrogens with zero attached hydrogens (tertiary/aromatic N) is 2. The molecule has 62 valence electrons. The van der Waals surface area contributed by atoms with Gasteiger partial charge in [0, 0.05) is 22.8 Å². The monoisotopic (exact) mass is 180 g/mol. The Kier molecular flexibility index (Phi) is 1.51. The van der Waals surface area contributed by atoms with Gasteiger partial charge in [-0.2, -0.15) is 0 Å². The van der Waals surface area contributed by atoms with E-state index in [0.717, 1.165) is 16.2 Å². The van der Waals surface area contributed by atoms with Crippen molar-refractivity contribution in [1.29, 1.82) is 0 Å². The lowest BCUT2D eigenvalue weighted by atomic mass is 10.3. The minimum absolute atomic E-state index is 0.0405. The molecule has 4 heteroatoms. The zero-order chi connectivity index (χ0) is 8.72. The van der Waals surface area contributed by atoms with E-state index in [4.69, 9.17) is 0 Å². The van der Waals surface area contributed by atoms with Crippen molar-refractivity contribution in [3.63, 3.8) is 0 Å². The molecule has 3 nitrogen and oxygen atoms in total. The van der Waals surface area contributed by atoms with Gasteiger partial charge in [0.2, 0.25) is 0 Å². The number of aromatic nitrogens is 2. The summed E-state index contributed by atoms with van der Waals surface area (Å²) in [6, 6.07) is 0. The van der Waals surface area contributed by atoms with Crippen LogP contribution in [0.5, 0.6) is 0 Å². The van der Waals surface area contributed by atoms with Crippen molar-refractivity contribution in [3.8, 4) is 0 Å². The molecule has 0 saturated heterocycles. The van der Waals surface area contributed by atoms with Gasteiger partial charge in [-0.25, -0.2) is 4.98 Å². The average Bonchev–Trinajstić information content (AvgIpc) is 2.48. The Bertz CT molecular complexity index is 483. The van der Waals surface area contributed by atoms with Crippen LogP contribution in [0.25, 0.3) is 4.96 Å². The van der Waals surface area contributed by atoms with Crippen molar-refractivity contribution in [2.45, 2.75) is 13.8 Å². The number of rotatable bonds is 0. The molecule has 2 rings (SSSR count). The molecule has 2 aromatic heterocycles. The highest BCUT2D eigenvalue weighted by molar-refractivity contribution is 7.15. The molecule has 0 unspecified atom stereocenters. The van der Waals surface area contributed by atoms with E-state index in [0.29, 0.717) is 0 Å². The number of aryl methyl sites for hydroxylation is 1. The lowest BCUT2D eigenvalue weighted by Gasteiger charge is -1.97. The molecule has 2 heterocycles. The second-order valence-corrected chi connectivity index (χ2v) is 3.56.